The highest BCUT2D eigenvalue weighted by molar-refractivity contribution is 6.06. The Morgan fingerprint density at radius 2 is 1.89 bits per heavy atom. The van der Waals surface area contributed by atoms with Crippen molar-refractivity contribution in [2.75, 3.05) is 13.6 Å². The first-order valence-electron chi connectivity index (χ1n) is 9.20. The normalized spacial score (nSPS) is 11.2. The van der Waals surface area contributed by atoms with E-state index in [0.717, 1.165) is 11.1 Å². The fraction of sp³-hybridized carbons (Fsp3) is 0.333. The zero-order valence-electron chi connectivity index (χ0n) is 16.5. The average molecular weight is 380 g/mol. The Labute approximate surface area is 163 Å². The molecule has 0 spiro atoms. The van der Waals surface area contributed by atoms with Gasteiger partial charge in [0.2, 0.25) is 0 Å². The largest absolute Gasteiger partial charge is 0.481 e. The maximum atomic E-state index is 13.1. The van der Waals surface area contributed by atoms with Crippen molar-refractivity contribution >= 4 is 22.9 Å². The summed E-state index contributed by atoms with van der Waals surface area (Å²) in [6.07, 6.45) is 1.55. The highest BCUT2D eigenvalue weighted by Gasteiger charge is 2.21. The fourth-order valence-electron chi connectivity index (χ4n) is 3.02. The predicted octanol–water partition coefficient (Wildman–Crippen LogP) is 3.53. The van der Waals surface area contributed by atoms with Gasteiger partial charge in [0.25, 0.3) is 5.91 Å². The van der Waals surface area contributed by atoms with Crippen LogP contribution in [0.5, 0.6) is 0 Å². The van der Waals surface area contributed by atoms with E-state index in [1.165, 1.54) is 4.90 Å². The molecule has 3 aromatic rings. The summed E-state index contributed by atoms with van der Waals surface area (Å²) in [5, 5.41) is 14.0. The number of benzene rings is 1. The Hall–Kier alpha value is -3.22. The number of carboxylic acids is 1. The van der Waals surface area contributed by atoms with Crippen LogP contribution < -0.4 is 0 Å². The van der Waals surface area contributed by atoms with Gasteiger partial charge in [-0.3, -0.25) is 9.59 Å². The number of carbonyl (C=O) groups excluding carboxylic acids is 1. The van der Waals surface area contributed by atoms with E-state index in [2.05, 4.69) is 5.10 Å². The van der Waals surface area contributed by atoms with Crippen molar-refractivity contribution in [3.63, 3.8) is 0 Å². The van der Waals surface area contributed by atoms with Crippen molar-refractivity contribution in [2.45, 2.75) is 33.2 Å². The summed E-state index contributed by atoms with van der Waals surface area (Å²) in [5.74, 6) is -1.18. The molecule has 0 atom stereocenters. The minimum absolute atomic E-state index is 0.0889. The smallest absolute Gasteiger partial charge is 0.305 e. The highest BCUT2D eigenvalue weighted by atomic mass is 16.4. The van der Waals surface area contributed by atoms with E-state index in [1.54, 1.807) is 24.0 Å². The van der Waals surface area contributed by atoms with Crippen LogP contribution >= 0.6 is 0 Å². The molecule has 2 heterocycles. The number of aromatic nitrogens is 3. The van der Waals surface area contributed by atoms with Crippen LogP contribution in [0.2, 0.25) is 0 Å². The highest BCUT2D eigenvalue weighted by Crippen LogP contribution is 2.27. The van der Waals surface area contributed by atoms with Crippen LogP contribution in [0.1, 0.15) is 42.2 Å². The summed E-state index contributed by atoms with van der Waals surface area (Å²) in [6.45, 7) is 6.16. The van der Waals surface area contributed by atoms with Crippen LogP contribution in [-0.4, -0.2) is 50.2 Å². The summed E-state index contributed by atoms with van der Waals surface area (Å²) >= 11 is 0. The molecule has 0 fully saturated rings. The quantitative estimate of drug-likeness (QED) is 0.707. The van der Waals surface area contributed by atoms with Crippen molar-refractivity contribution < 1.29 is 14.7 Å². The van der Waals surface area contributed by atoms with Crippen LogP contribution in [0.15, 0.2) is 36.5 Å². The number of rotatable bonds is 6. The zero-order valence-corrected chi connectivity index (χ0v) is 16.5. The molecule has 7 nitrogen and oxygen atoms in total. The minimum Gasteiger partial charge on any atom is -0.481 e. The van der Waals surface area contributed by atoms with E-state index in [-0.39, 0.29) is 24.9 Å². The van der Waals surface area contributed by atoms with Gasteiger partial charge in [-0.05, 0) is 26.8 Å². The van der Waals surface area contributed by atoms with Crippen LogP contribution in [-0.2, 0) is 4.79 Å². The van der Waals surface area contributed by atoms with Gasteiger partial charge in [-0.1, -0.05) is 29.8 Å². The molecule has 2 aromatic heterocycles. The number of nitrogens with zero attached hydrogens (tertiary/aromatic N) is 4. The first-order valence-corrected chi connectivity index (χ1v) is 9.20. The van der Waals surface area contributed by atoms with Gasteiger partial charge in [0.1, 0.15) is 0 Å². The molecule has 28 heavy (non-hydrogen) atoms. The van der Waals surface area contributed by atoms with E-state index >= 15 is 0 Å². The fourth-order valence-corrected chi connectivity index (χ4v) is 3.02. The van der Waals surface area contributed by atoms with E-state index in [0.29, 0.717) is 22.3 Å². The Morgan fingerprint density at radius 1 is 1.21 bits per heavy atom. The molecule has 0 aliphatic heterocycles. The Balaban J connectivity index is 2.13. The van der Waals surface area contributed by atoms with Crippen molar-refractivity contribution in [3.05, 3.63) is 47.7 Å². The standard InChI is InChI=1S/C21H24N4O3/c1-13(2)25-20-17(12-22-25)16(21(28)24(4)10-9-19(26)27)11-18(23-20)15-7-5-14(3)6-8-15/h5-8,11-13H,9-10H2,1-4H3,(H,26,27). The van der Waals surface area contributed by atoms with E-state index in [9.17, 15) is 9.59 Å². The van der Waals surface area contributed by atoms with Gasteiger partial charge in [-0.2, -0.15) is 5.10 Å². The second kappa shape index (κ2) is 7.80. The zero-order chi connectivity index (χ0) is 20.4. The van der Waals surface area contributed by atoms with Crippen LogP contribution in [0.3, 0.4) is 0 Å². The molecule has 0 radical (unpaired) electrons. The number of aryl methyl sites for hydroxylation is 1. The topological polar surface area (TPSA) is 88.3 Å². The maximum Gasteiger partial charge on any atom is 0.305 e. The molecule has 0 unspecified atom stereocenters. The number of hydrogen-bond donors (Lipinski definition) is 1. The summed E-state index contributed by atoms with van der Waals surface area (Å²) in [7, 11) is 1.61. The van der Waals surface area contributed by atoms with Crippen LogP contribution in [0, 0.1) is 6.92 Å². The lowest BCUT2D eigenvalue weighted by atomic mass is 10.0. The summed E-state index contributed by atoms with van der Waals surface area (Å²) in [4.78, 5) is 30.1. The first kappa shape index (κ1) is 19.5. The van der Waals surface area contributed by atoms with E-state index < -0.39 is 5.97 Å². The molecule has 0 bridgehead atoms. The van der Waals surface area contributed by atoms with Crippen molar-refractivity contribution in [1.29, 1.82) is 0 Å². The number of carbonyl (C=O) groups is 2. The number of pyridine rings is 1. The van der Waals surface area contributed by atoms with Crippen LogP contribution in [0.4, 0.5) is 0 Å². The predicted molar refractivity (Wildman–Crippen MR) is 107 cm³/mol. The molecule has 146 valence electrons. The molecule has 3 rings (SSSR count). The Morgan fingerprint density at radius 3 is 2.50 bits per heavy atom. The molecule has 0 saturated carbocycles. The lowest BCUT2D eigenvalue weighted by Gasteiger charge is -2.17. The third-order valence-electron chi connectivity index (χ3n) is 4.64. The van der Waals surface area contributed by atoms with Gasteiger partial charge < -0.3 is 10.0 Å². The number of fused-ring (bicyclic) bond motifs is 1. The average Bonchev–Trinajstić information content (AvgIpc) is 3.09. The molecular weight excluding hydrogens is 356 g/mol. The maximum absolute atomic E-state index is 13.1. The molecular formula is C21H24N4O3. The number of amides is 1. The van der Waals surface area contributed by atoms with Gasteiger partial charge in [0.15, 0.2) is 5.65 Å². The minimum atomic E-state index is -0.938. The molecule has 0 aliphatic rings. The third-order valence-corrected chi connectivity index (χ3v) is 4.64. The second-order valence-corrected chi connectivity index (χ2v) is 7.21. The Kier molecular flexibility index (Phi) is 5.44. The van der Waals surface area contributed by atoms with Crippen LogP contribution in [0.25, 0.3) is 22.3 Å². The van der Waals surface area contributed by atoms with Crippen molar-refractivity contribution in [2.24, 2.45) is 0 Å². The van der Waals surface area contributed by atoms with Gasteiger partial charge in [0.05, 0.1) is 29.3 Å². The number of carboxylic acid groups (broad SMARTS) is 1. The lowest BCUT2D eigenvalue weighted by molar-refractivity contribution is -0.137. The summed E-state index contributed by atoms with van der Waals surface area (Å²) in [5.41, 5.74) is 3.85. The van der Waals surface area contributed by atoms with E-state index in [4.69, 9.17) is 10.1 Å². The van der Waals surface area contributed by atoms with Gasteiger partial charge in [-0.25, -0.2) is 9.67 Å². The molecule has 0 saturated heterocycles. The molecule has 0 aliphatic carbocycles. The SMILES string of the molecule is Cc1ccc(-c2cc(C(=O)N(C)CCC(=O)O)c3cnn(C(C)C)c3n2)cc1. The van der Waals surface area contributed by atoms with Crippen molar-refractivity contribution in [3.8, 4) is 11.3 Å². The molecule has 7 heteroatoms. The molecule has 1 aromatic carbocycles. The third kappa shape index (κ3) is 3.88. The molecule has 1 amide bonds. The second-order valence-electron chi connectivity index (χ2n) is 7.21. The van der Waals surface area contributed by atoms with Gasteiger partial charge in [0, 0.05) is 25.2 Å². The lowest BCUT2D eigenvalue weighted by Crippen LogP contribution is -2.29. The molecule has 1 N–H and O–H groups in total. The summed E-state index contributed by atoms with van der Waals surface area (Å²) in [6, 6.07) is 9.80. The Bertz CT molecular complexity index is 1020. The number of aliphatic carboxylic acids is 1. The number of hydrogen-bond acceptors (Lipinski definition) is 4. The summed E-state index contributed by atoms with van der Waals surface area (Å²) < 4.78 is 1.79. The van der Waals surface area contributed by atoms with E-state index in [1.807, 2.05) is 45.0 Å². The monoisotopic (exact) mass is 380 g/mol. The van der Waals surface area contributed by atoms with Crippen molar-refractivity contribution in [1.82, 2.24) is 19.7 Å². The first-order chi connectivity index (χ1) is 13.3. The van der Waals surface area contributed by atoms with Gasteiger partial charge >= 0.3 is 5.97 Å². The van der Waals surface area contributed by atoms with Gasteiger partial charge in [-0.15, -0.1) is 0 Å².